The molecule has 2 saturated heterocycles. The fraction of sp³-hybridized carbons (Fsp3) is 0.727. The molecule has 0 bridgehead atoms. The van der Waals surface area contributed by atoms with Gasteiger partial charge in [-0.15, -0.1) is 0 Å². The number of morpholine rings is 2. The van der Waals surface area contributed by atoms with E-state index in [9.17, 15) is 8.42 Å². The van der Waals surface area contributed by atoms with Crippen LogP contribution < -0.4 is 10.6 Å². The second-order valence-corrected chi connectivity index (χ2v) is 10.2. The Morgan fingerprint density at radius 3 is 1.83 bits per heavy atom. The lowest BCUT2D eigenvalue weighted by molar-refractivity contribution is 0.0398. The molecule has 2 aliphatic rings. The molecule has 2 aromatic heterocycles. The van der Waals surface area contributed by atoms with E-state index in [2.05, 4.69) is 40.4 Å². The highest BCUT2D eigenvalue weighted by Gasteiger charge is 2.20. The third kappa shape index (κ3) is 8.60. The highest BCUT2D eigenvalue weighted by Crippen LogP contribution is 2.25. The van der Waals surface area contributed by atoms with Crippen LogP contribution in [0.2, 0.25) is 5.15 Å². The zero-order valence-corrected chi connectivity index (χ0v) is 22.2. The minimum atomic E-state index is -3.65. The Balaban J connectivity index is 0.00000148. The predicted molar refractivity (Wildman–Crippen MR) is 143 cm³/mol. The number of hydrogen-bond donors (Lipinski definition) is 2. The van der Waals surface area contributed by atoms with E-state index in [1.807, 2.05) is 13.8 Å². The van der Waals surface area contributed by atoms with Crippen molar-refractivity contribution in [1.29, 1.82) is 0 Å². The van der Waals surface area contributed by atoms with Gasteiger partial charge >= 0.3 is 0 Å². The fourth-order valence-electron chi connectivity index (χ4n) is 3.62. The Labute approximate surface area is 219 Å². The molecule has 0 atom stereocenters. The summed E-state index contributed by atoms with van der Waals surface area (Å²) >= 11 is 6.39. The van der Waals surface area contributed by atoms with Crippen molar-refractivity contribution in [1.82, 2.24) is 29.7 Å². The molecule has 2 aromatic rings. The monoisotopic (exact) mass is 546 g/mol. The average molecular weight is 547 g/mol. The maximum Gasteiger partial charge on any atom is 0.250 e. The van der Waals surface area contributed by atoms with Gasteiger partial charge in [0.1, 0.15) is 0 Å². The molecule has 0 spiro atoms. The molecule has 0 radical (unpaired) electrons. The first-order valence-electron chi connectivity index (χ1n) is 11.9. The van der Waals surface area contributed by atoms with Crippen molar-refractivity contribution in [2.75, 3.05) is 95.7 Å². The third-order valence-electron chi connectivity index (χ3n) is 5.45. The van der Waals surface area contributed by atoms with E-state index < -0.39 is 9.84 Å². The molecule has 2 N–H and O–H groups in total. The van der Waals surface area contributed by atoms with Crippen LogP contribution in [0, 0.1) is 0 Å². The number of ether oxygens (including phenoxy) is 2. The number of aromatic nitrogens is 4. The summed E-state index contributed by atoms with van der Waals surface area (Å²) in [5, 5.41) is 6.23. The minimum absolute atomic E-state index is 0. The van der Waals surface area contributed by atoms with Crippen molar-refractivity contribution >= 4 is 44.2 Å². The molecule has 0 saturated carbocycles. The topological polar surface area (TPSA) is 135 Å². The fourth-order valence-corrected chi connectivity index (χ4v) is 4.33. The maximum absolute atomic E-state index is 12.2. The van der Waals surface area contributed by atoms with Gasteiger partial charge in [-0.2, -0.15) is 9.97 Å². The number of nitrogens with zero attached hydrogens (tertiary/aromatic N) is 6. The van der Waals surface area contributed by atoms with Gasteiger partial charge < -0.3 is 20.1 Å². The van der Waals surface area contributed by atoms with Crippen LogP contribution in [0.5, 0.6) is 0 Å². The molecule has 0 aliphatic carbocycles. The molecule has 0 unspecified atom stereocenters. The smallest absolute Gasteiger partial charge is 0.250 e. The normalized spacial score (nSPS) is 17.1. The summed E-state index contributed by atoms with van der Waals surface area (Å²) in [5.74, 6) is 0.651. The van der Waals surface area contributed by atoms with E-state index in [0.717, 1.165) is 58.7 Å². The van der Waals surface area contributed by atoms with Gasteiger partial charge in [0.2, 0.25) is 9.84 Å². The molecule has 14 heteroatoms. The lowest BCUT2D eigenvalue weighted by atomic mass is 10.4. The molecule has 204 valence electrons. The van der Waals surface area contributed by atoms with Gasteiger partial charge in [-0.3, -0.25) is 9.80 Å². The van der Waals surface area contributed by atoms with E-state index in [1.165, 1.54) is 0 Å². The highest BCUT2D eigenvalue weighted by atomic mass is 35.5. The summed E-state index contributed by atoms with van der Waals surface area (Å²) in [6, 6.07) is 0. The quantitative estimate of drug-likeness (QED) is 0.442. The standard InChI is InChI=1S/C19H29ClN8O4S.C2H6.CH4/c1-33(29,30)19-25-16(21-2-4-27-6-10-31-11-7-27)14-17(26-19)24-18(15(20)23-14)22-3-5-28-8-12-32-13-9-28;1-2;/h2-13H2,1H3,(H2,21,22,24,25,26);1-2H3;1H4. The van der Waals surface area contributed by atoms with E-state index >= 15 is 0 Å². The summed E-state index contributed by atoms with van der Waals surface area (Å²) in [5.41, 5.74) is 0.491. The molecular formula is C22H39ClN8O4S. The molecule has 4 heterocycles. The molecule has 0 amide bonds. The van der Waals surface area contributed by atoms with Crippen molar-refractivity contribution in [2.45, 2.75) is 26.4 Å². The van der Waals surface area contributed by atoms with Crippen LogP contribution in [0.15, 0.2) is 5.16 Å². The number of fused-ring (bicyclic) bond motifs is 1. The van der Waals surface area contributed by atoms with Gasteiger partial charge in [0, 0.05) is 58.6 Å². The SMILES string of the molecule is C.CC.CS(=O)(=O)c1nc(NCCN2CCOCC2)c2nc(Cl)c(NCCN3CCOCC3)nc2n1. The van der Waals surface area contributed by atoms with Crippen LogP contribution in [-0.2, 0) is 19.3 Å². The summed E-state index contributed by atoms with van der Waals surface area (Å²) in [7, 11) is -3.65. The number of nitrogens with one attached hydrogen (secondary N) is 2. The number of halogens is 1. The number of rotatable bonds is 9. The Morgan fingerprint density at radius 2 is 1.33 bits per heavy atom. The number of sulfone groups is 1. The van der Waals surface area contributed by atoms with Gasteiger partial charge in [0.25, 0.3) is 5.16 Å². The van der Waals surface area contributed by atoms with Gasteiger partial charge in [0.05, 0.1) is 26.4 Å². The Kier molecular flexibility index (Phi) is 12.4. The van der Waals surface area contributed by atoms with Gasteiger partial charge in [0.15, 0.2) is 28.0 Å². The number of hydrogen-bond acceptors (Lipinski definition) is 12. The highest BCUT2D eigenvalue weighted by molar-refractivity contribution is 7.90. The van der Waals surface area contributed by atoms with Gasteiger partial charge in [-0.25, -0.2) is 18.4 Å². The Morgan fingerprint density at radius 1 is 0.833 bits per heavy atom. The molecule has 4 rings (SSSR count). The van der Waals surface area contributed by atoms with E-state index in [4.69, 9.17) is 21.1 Å². The predicted octanol–water partition coefficient (Wildman–Crippen LogP) is 1.63. The van der Waals surface area contributed by atoms with E-state index in [1.54, 1.807) is 0 Å². The zero-order valence-electron chi connectivity index (χ0n) is 20.6. The van der Waals surface area contributed by atoms with Crippen molar-refractivity contribution in [3.8, 4) is 0 Å². The largest absolute Gasteiger partial charge is 0.379 e. The maximum atomic E-state index is 12.2. The van der Waals surface area contributed by atoms with Crippen molar-refractivity contribution in [2.24, 2.45) is 0 Å². The summed E-state index contributed by atoms with van der Waals surface area (Å²) in [6.07, 6.45) is 1.07. The van der Waals surface area contributed by atoms with Crippen LogP contribution in [0.25, 0.3) is 11.2 Å². The summed E-state index contributed by atoms with van der Waals surface area (Å²) < 4.78 is 35.1. The van der Waals surface area contributed by atoms with Gasteiger partial charge in [-0.1, -0.05) is 32.9 Å². The van der Waals surface area contributed by atoms with Gasteiger partial charge in [-0.05, 0) is 0 Å². The molecule has 2 aliphatic heterocycles. The first kappa shape index (κ1) is 30.3. The van der Waals surface area contributed by atoms with Crippen LogP contribution in [-0.4, -0.2) is 123 Å². The first-order valence-corrected chi connectivity index (χ1v) is 14.2. The molecule has 12 nitrogen and oxygen atoms in total. The molecule has 0 aromatic carbocycles. The van der Waals surface area contributed by atoms with Crippen molar-refractivity contribution < 1.29 is 17.9 Å². The molecular weight excluding hydrogens is 508 g/mol. The molecule has 36 heavy (non-hydrogen) atoms. The Bertz CT molecular complexity index is 1060. The second-order valence-electron chi connectivity index (χ2n) is 7.92. The zero-order chi connectivity index (χ0) is 25.3. The average Bonchev–Trinajstić information content (AvgIpc) is 2.86. The third-order valence-corrected chi connectivity index (χ3v) is 6.56. The molecule has 2 fully saturated rings. The number of anilines is 2. The summed E-state index contributed by atoms with van der Waals surface area (Å²) in [6.45, 7) is 13.0. The van der Waals surface area contributed by atoms with Crippen LogP contribution >= 0.6 is 11.6 Å². The van der Waals surface area contributed by atoms with Crippen LogP contribution in [0.1, 0.15) is 21.3 Å². The van der Waals surface area contributed by atoms with Crippen molar-refractivity contribution in [3.05, 3.63) is 5.15 Å². The second kappa shape index (κ2) is 14.7. The summed E-state index contributed by atoms with van der Waals surface area (Å²) in [4.78, 5) is 21.7. The first-order chi connectivity index (χ1) is 16.9. The van der Waals surface area contributed by atoms with Crippen LogP contribution in [0.3, 0.4) is 0 Å². The van der Waals surface area contributed by atoms with E-state index in [-0.39, 0.29) is 23.4 Å². The lowest BCUT2D eigenvalue weighted by Crippen LogP contribution is -2.39. The lowest BCUT2D eigenvalue weighted by Gasteiger charge is -2.26. The van der Waals surface area contributed by atoms with Crippen LogP contribution in [0.4, 0.5) is 11.6 Å². The van der Waals surface area contributed by atoms with Crippen molar-refractivity contribution in [3.63, 3.8) is 0 Å². The Hall–Kier alpha value is -1.90. The van der Waals surface area contributed by atoms with E-state index in [0.29, 0.717) is 43.5 Å². The minimum Gasteiger partial charge on any atom is -0.379 e.